The molecule has 0 spiro atoms. The summed E-state index contributed by atoms with van der Waals surface area (Å²) in [6.07, 6.45) is -2.55. The molecule has 0 unspecified atom stereocenters. The lowest BCUT2D eigenvalue weighted by Crippen LogP contribution is -2.44. The van der Waals surface area contributed by atoms with Crippen molar-refractivity contribution in [3.8, 4) is 11.3 Å². The van der Waals surface area contributed by atoms with Gasteiger partial charge in [-0.05, 0) is 49.7 Å². The molecule has 47 heavy (non-hydrogen) atoms. The lowest BCUT2D eigenvalue weighted by Gasteiger charge is -2.33. The summed E-state index contributed by atoms with van der Waals surface area (Å²) < 4.78 is 70.5. The number of hydrogen-bond acceptors (Lipinski definition) is 7. The third-order valence-corrected chi connectivity index (χ3v) is 8.71. The molecule has 6 rings (SSSR count). The lowest BCUT2D eigenvalue weighted by molar-refractivity contribution is -0.138. The zero-order valence-electron chi connectivity index (χ0n) is 26.0. The molecule has 4 aromatic rings. The minimum Gasteiger partial charge on any atom is -0.351 e. The summed E-state index contributed by atoms with van der Waals surface area (Å²) in [6.45, 7) is 3.12. The normalized spacial score (nSPS) is 17.9. The number of halogens is 5. The number of rotatable bonds is 7. The van der Waals surface area contributed by atoms with Crippen LogP contribution < -0.4 is 16.0 Å². The van der Waals surface area contributed by atoms with Gasteiger partial charge in [0.15, 0.2) is 5.82 Å². The highest BCUT2D eigenvalue weighted by Crippen LogP contribution is 2.36. The number of fused-ring (bicyclic) bond motifs is 1. The van der Waals surface area contributed by atoms with Crippen LogP contribution in [0.3, 0.4) is 0 Å². The van der Waals surface area contributed by atoms with Crippen molar-refractivity contribution in [3.05, 3.63) is 59.8 Å². The fraction of sp³-hybridized carbons (Fsp3) is 0.438. The monoisotopic (exact) mass is 657 g/mol. The number of hydrogen-bond donors (Lipinski definition) is 3. The zero-order valence-corrected chi connectivity index (χ0v) is 26.0. The Morgan fingerprint density at radius 1 is 0.979 bits per heavy atom. The number of benzene rings is 2. The van der Waals surface area contributed by atoms with Crippen LogP contribution in [0.25, 0.3) is 22.2 Å². The fourth-order valence-corrected chi connectivity index (χ4v) is 6.01. The van der Waals surface area contributed by atoms with Gasteiger partial charge < -0.3 is 15.5 Å². The van der Waals surface area contributed by atoms with Crippen molar-refractivity contribution in [2.24, 2.45) is 7.05 Å². The molecule has 1 saturated carbocycles. The Bertz CT molecular complexity index is 1740. The smallest absolute Gasteiger partial charge is 0.351 e. The van der Waals surface area contributed by atoms with E-state index in [1.54, 1.807) is 24.0 Å². The predicted octanol–water partition coefficient (Wildman–Crippen LogP) is 6.43. The van der Waals surface area contributed by atoms with Crippen LogP contribution in [-0.2, 0) is 19.8 Å². The van der Waals surface area contributed by atoms with Gasteiger partial charge in [0.05, 0.1) is 16.8 Å². The number of carbonyl (C=O) groups is 1. The number of aryl methyl sites for hydroxylation is 1. The molecule has 2 amide bonds. The first-order valence-corrected chi connectivity index (χ1v) is 15.5. The number of aromatic nitrogens is 4. The summed E-state index contributed by atoms with van der Waals surface area (Å²) in [4.78, 5) is 25.8. The van der Waals surface area contributed by atoms with Crippen molar-refractivity contribution in [3.63, 3.8) is 0 Å². The van der Waals surface area contributed by atoms with Crippen LogP contribution in [0, 0.1) is 0 Å². The van der Waals surface area contributed by atoms with E-state index in [9.17, 15) is 26.7 Å². The Labute approximate surface area is 268 Å². The van der Waals surface area contributed by atoms with E-state index in [4.69, 9.17) is 0 Å². The minimum absolute atomic E-state index is 0.0120. The molecule has 1 aliphatic heterocycles. The molecular formula is C32H36F5N9O. The Morgan fingerprint density at radius 2 is 1.72 bits per heavy atom. The molecule has 1 saturated heterocycles. The summed E-state index contributed by atoms with van der Waals surface area (Å²) in [5, 5.41) is 13.3. The quantitative estimate of drug-likeness (QED) is 0.197. The third kappa shape index (κ3) is 7.96. The number of carbonyl (C=O) groups excluding carboxylic acids is 1. The Hall–Kier alpha value is -4.37. The molecule has 0 bridgehead atoms. The first-order valence-electron chi connectivity index (χ1n) is 15.5. The molecule has 250 valence electrons. The molecule has 2 aliphatic rings. The number of nitrogens with zero attached hydrogens (tertiary/aromatic N) is 6. The van der Waals surface area contributed by atoms with E-state index in [0.717, 1.165) is 30.1 Å². The number of nitrogens with one attached hydrogen (secondary N) is 3. The molecule has 15 heteroatoms. The topological polar surface area (TPSA) is 103 Å². The van der Waals surface area contributed by atoms with Crippen molar-refractivity contribution < 1.29 is 26.7 Å². The van der Waals surface area contributed by atoms with E-state index in [1.807, 2.05) is 30.1 Å². The van der Waals surface area contributed by atoms with Crippen molar-refractivity contribution in [2.45, 2.75) is 50.4 Å². The summed E-state index contributed by atoms with van der Waals surface area (Å²) in [5.41, 5.74) is 1.49. The van der Waals surface area contributed by atoms with Crippen LogP contribution in [0.1, 0.15) is 36.8 Å². The summed E-state index contributed by atoms with van der Waals surface area (Å²) >= 11 is 0. The second-order valence-electron chi connectivity index (χ2n) is 12.3. The standard InChI is InChI=1S/C32H36F5N9O/c1-44-11-13-46(14-12-44)19-21-3-5-24(16-25(21)32(35,36)37)40-30(47)42-28-17-27(45(2)43-28)20-4-6-26-22(15-20)18-38-29(41-26)39-23-7-9-31(33,34)10-8-23/h3-6,15-18,23H,7-14,19H2,1-2H3,(H,38,39,41)(H2,40,42,43,47). The van der Waals surface area contributed by atoms with Crippen molar-refractivity contribution in [1.29, 1.82) is 0 Å². The fourth-order valence-electron chi connectivity index (χ4n) is 6.01. The number of anilines is 3. The SMILES string of the molecule is CN1CCN(Cc2ccc(NC(=O)Nc3cc(-c4ccc5nc(NC6CCC(F)(F)CC6)ncc5c4)n(C)n3)cc2C(F)(F)F)CC1. The molecule has 2 aromatic carbocycles. The maximum Gasteiger partial charge on any atom is 0.416 e. The number of piperazine rings is 1. The maximum atomic E-state index is 14.0. The lowest BCUT2D eigenvalue weighted by atomic mass is 9.92. The highest BCUT2D eigenvalue weighted by molar-refractivity contribution is 5.99. The summed E-state index contributed by atoms with van der Waals surface area (Å²) in [7, 11) is 3.69. The summed E-state index contributed by atoms with van der Waals surface area (Å²) in [5.74, 6) is -2.02. The largest absolute Gasteiger partial charge is 0.416 e. The van der Waals surface area contributed by atoms with Crippen molar-refractivity contribution >= 4 is 34.4 Å². The molecule has 3 N–H and O–H groups in total. The average Bonchev–Trinajstić information content (AvgIpc) is 3.38. The second kappa shape index (κ2) is 13.0. The molecule has 2 fully saturated rings. The van der Waals surface area contributed by atoms with Crippen molar-refractivity contribution in [1.82, 2.24) is 29.5 Å². The molecule has 0 radical (unpaired) electrons. The van der Waals surface area contributed by atoms with Crippen LogP contribution in [0.4, 0.5) is 44.2 Å². The Kier molecular flexibility index (Phi) is 9.03. The van der Waals surface area contributed by atoms with Gasteiger partial charge in [-0.3, -0.25) is 14.9 Å². The van der Waals surface area contributed by atoms with E-state index >= 15 is 0 Å². The van der Waals surface area contributed by atoms with Gasteiger partial charge in [-0.25, -0.2) is 23.5 Å². The molecular weight excluding hydrogens is 621 g/mol. The van der Waals surface area contributed by atoms with Gasteiger partial charge in [-0.15, -0.1) is 0 Å². The first kappa shape index (κ1) is 32.6. The van der Waals surface area contributed by atoms with E-state index in [0.29, 0.717) is 43.1 Å². The molecule has 3 heterocycles. The van der Waals surface area contributed by atoms with E-state index < -0.39 is 23.7 Å². The van der Waals surface area contributed by atoms with Crippen molar-refractivity contribution in [2.75, 3.05) is 49.2 Å². The van der Waals surface area contributed by atoms with E-state index in [-0.39, 0.29) is 42.5 Å². The minimum atomic E-state index is -4.58. The average molecular weight is 658 g/mol. The van der Waals surface area contributed by atoms with Gasteiger partial charge in [0.1, 0.15) is 0 Å². The number of amides is 2. The second-order valence-corrected chi connectivity index (χ2v) is 12.3. The molecule has 2 aromatic heterocycles. The molecule has 10 nitrogen and oxygen atoms in total. The highest BCUT2D eigenvalue weighted by Gasteiger charge is 2.36. The van der Waals surface area contributed by atoms with E-state index in [2.05, 4.69) is 35.9 Å². The molecule has 0 atom stereocenters. The predicted molar refractivity (Wildman–Crippen MR) is 169 cm³/mol. The summed E-state index contributed by atoms with van der Waals surface area (Å²) in [6, 6.07) is 10.2. The Morgan fingerprint density at radius 3 is 2.45 bits per heavy atom. The Balaban J connectivity index is 1.10. The maximum absolute atomic E-state index is 14.0. The van der Waals surface area contributed by atoms with E-state index in [1.165, 1.54) is 12.1 Å². The van der Waals surface area contributed by atoms with Crippen LogP contribution in [0.5, 0.6) is 0 Å². The van der Waals surface area contributed by atoms with Gasteiger partial charge in [0.2, 0.25) is 11.9 Å². The van der Waals surface area contributed by atoms with Gasteiger partial charge in [-0.1, -0.05) is 12.1 Å². The third-order valence-electron chi connectivity index (χ3n) is 8.71. The number of urea groups is 1. The molecule has 1 aliphatic carbocycles. The van der Waals surface area contributed by atoms with Crippen LogP contribution in [-0.4, -0.2) is 80.8 Å². The van der Waals surface area contributed by atoms with Crippen LogP contribution in [0.15, 0.2) is 48.7 Å². The van der Waals surface area contributed by atoms with Gasteiger partial charge in [-0.2, -0.15) is 18.3 Å². The van der Waals surface area contributed by atoms with Crippen LogP contribution in [0.2, 0.25) is 0 Å². The number of alkyl halides is 5. The van der Waals surface area contributed by atoms with Gasteiger partial charge in [0, 0.05) is 87.6 Å². The van der Waals surface area contributed by atoms with Gasteiger partial charge >= 0.3 is 12.2 Å². The van der Waals surface area contributed by atoms with Crippen LogP contribution >= 0.6 is 0 Å². The first-order chi connectivity index (χ1) is 22.3. The zero-order chi connectivity index (χ0) is 33.3. The number of likely N-dealkylation sites (N-methyl/N-ethyl adjacent to an activating group) is 1. The highest BCUT2D eigenvalue weighted by atomic mass is 19.4. The van der Waals surface area contributed by atoms with Gasteiger partial charge in [0.25, 0.3) is 0 Å².